The summed E-state index contributed by atoms with van der Waals surface area (Å²) < 4.78 is 22.4. The van der Waals surface area contributed by atoms with Crippen molar-refractivity contribution in [3.05, 3.63) is 42.5 Å². The lowest BCUT2D eigenvalue weighted by Crippen LogP contribution is -2.26. The predicted octanol–water partition coefficient (Wildman–Crippen LogP) is 3.49. The maximum absolute atomic E-state index is 12.2. The molecule has 0 saturated heterocycles. The van der Waals surface area contributed by atoms with Gasteiger partial charge in [-0.3, -0.25) is 0 Å². The highest BCUT2D eigenvalue weighted by Crippen LogP contribution is 2.42. The first-order chi connectivity index (χ1) is 12.3. The smallest absolute Gasteiger partial charge is 0.514 e. The Kier molecular flexibility index (Phi) is 6.87. The number of carbonyl (C=O) groups excluding carboxylic acids is 1. The first-order valence-electron chi connectivity index (χ1n) is 8.65. The van der Waals surface area contributed by atoms with Gasteiger partial charge in [0, 0.05) is 0 Å². The van der Waals surface area contributed by atoms with E-state index in [0.29, 0.717) is 11.5 Å². The van der Waals surface area contributed by atoms with Gasteiger partial charge in [0.15, 0.2) is 11.5 Å². The van der Waals surface area contributed by atoms with E-state index in [1.54, 1.807) is 20.8 Å². The molecule has 5 nitrogen and oxygen atoms in total. The van der Waals surface area contributed by atoms with Crippen LogP contribution in [0.3, 0.4) is 0 Å². The summed E-state index contributed by atoms with van der Waals surface area (Å²) in [6.45, 7) is 9.39. The van der Waals surface area contributed by atoms with Gasteiger partial charge in [-0.1, -0.05) is 24.3 Å². The van der Waals surface area contributed by atoms with E-state index in [4.69, 9.17) is 18.3 Å². The van der Waals surface area contributed by atoms with Crippen molar-refractivity contribution in [3.63, 3.8) is 0 Å². The monoisotopic (exact) mass is 389 g/mol. The highest BCUT2D eigenvalue weighted by Gasteiger charge is 2.23. The molecule has 0 heterocycles. The number of benzene rings is 2. The van der Waals surface area contributed by atoms with Gasteiger partial charge < -0.3 is 18.3 Å². The molecule has 0 amide bonds. The van der Waals surface area contributed by atoms with Gasteiger partial charge in [-0.05, 0) is 63.2 Å². The first kappa shape index (κ1) is 20.1. The second kappa shape index (κ2) is 8.91. The topological polar surface area (TPSA) is 54.0 Å². The summed E-state index contributed by atoms with van der Waals surface area (Å²) in [7, 11) is -1.56. The van der Waals surface area contributed by atoms with E-state index in [0.717, 1.165) is 11.1 Å². The van der Waals surface area contributed by atoms with E-state index in [9.17, 15) is 4.79 Å². The maximum Gasteiger partial charge on any atom is 0.514 e. The molecule has 0 unspecified atom stereocenters. The van der Waals surface area contributed by atoms with Crippen LogP contribution in [0.4, 0.5) is 4.79 Å². The summed E-state index contributed by atoms with van der Waals surface area (Å²) >= 11 is 0. The van der Waals surface area contributed by atoms with Crippen molar-refractivity contribution in [2.24, 2.45) is 0 Å². The van der Waals surface area contributed by atoms with Crippen LogP contribution >= 0.6 is 0 Å². The van der Waals surface area contributed by atoms with E-state index in [-0.39, 0.29) is 5.75 Å². The molecule has 0 fully saturated rings. The average Bonchev–Trinajstić information content (AvgIpc) is 2.57. The number of hydrogen-bond donors (Lipinski definition) is 0. The highest BCUT2D eigenvalue weighted by atomic mass is 28.2. The molecule has 1 radical (unpaired) electrons. The molecule has 0 aliphatic heterocycles. The Balaban J connectivity index is 2.46. The molecule has 0 bridgehead atoms. The quantitative estimate of drug-likeness (QED) is 0.430. The SMILES string of the molecule is C[SiH2]Oc1cc(-c2cc[c]cc2)cc(O[SiH2]C)c1OC(=O)OC(C)(C)C. The van der Waals surface area contributed by atoms with Crippen LogP contribution in [0.1, 0.15) is 20.8 Å². The summed E-state index contributed by atoms with van der Waals surface area (Å²) in [5.74, 6) is 1.30. The molecule has 0 aliphatic carbocycles. The predicted molar refractivity (Wildman–Crippen MR) is 108 cm³/mol. The van der Waals surface area contributed by atoms with E-state index in [1.165, 1.54) is 0 Å². The summed E-state index contributed by atoms with van der Waals surface area (Å²) in [6, 6.07) is 14.4. The average molecular weight is 390 g/mol. The lowest BCUT2D eigenvalue weighted by molar-refractivity contribution is 0.0199. The maximum atomic E-state index is 12.2. The molecule has 2 aromatic rings. The Morgan fingerprint density at radius 3 is 1.96 bits per heavy atom. The Morgan fingerprint density at radius 2 is 1.50 bits per heavy atom. The third kappa shape index (κ3) is 5.64. The van der Waals surface area contributed by atoms with Gasteiger partial charge in [0.1, 0.15) is 5.60 Å². The van der Waals surface area contributed by atoms with Crippen molar-refractivity contribution >= 4 is 25.7 Å². The summed E-state index contributed by atoms with van der Waals surface area (Å²) in [5, 5.41) is 0. The fourth-order valence-electron chi connectivity index (χ4n) is 2.30. The van der Waals surface area contributed by atoms with Gasteiger partial charge in [-0.2, -0.15) is 0 Å². The van der Waals surface area contributed by atoms with Gasteiger partial charge in [0.05, 0.1) is 0 Å². The standard InChI is InChI=1S/C19H25O5Si2/c1-19(2,3)22-18(20)21-17-15(23-25-4)11-14(12-16(17)24-26-5)13-9-7-6-8-10-13/h7-12H,25-26H2,1-5H3. The van der Waals surface area contributed by atoms with Gasteiger partial charge >= 0.3 is 6.16 Å². The molecular weight excluding hydrogens is 364 g/mol. The lowest BCUT2D eigenvalue weighted by atomic mass is 10.0. The fourth-order valence-corrected chi connectivity index (χ4v) is 3.35. The molecule has 0 aliphatic rings. The van der Waals surface area contributed by atoms with E-state index < -0.39 is 31.3 Å². The zero-order valence-electron chi connectivity index (χ0n) is 15.9. The minimum Gasteiger partial charge on any atom is -0.547 e. The van der Waals surface area contributed by atoms with Crippen LogP contribution in [0.2, 0.25) is 13.1 Å². The second-order valence-electron chi connectivity index (χ2n) is 6.52. The number of ether oxygens (including phenoxy) is 2. The van der Waals surface area contributed by atoms with Crippen LogP contribution in [-0.4, -0.2) is 31.3 Å². The normalized spacial score (nSPS) is 11.9. The minimum absolute atomic E-state index is 0.286. The van der Waals surface area contributed by atoms with E-state index in [1.807, 2.05) is 49.5 Å². The van der Waals surface area contributed by atoms with Gasteiger partial charge in [-0.25, -0.2) is 4.79 Å². The molecule has 2 aromatic carbocycles. The van der Waals surface area contributed by atoms with Gasteiger partial charge in [-0.15, -0.1) is 0 Å². The van der Waals surface area contributed by atoms with Crippen LogP contribution in [0.15, 0.2) is 36.4 Å². The zero-order chi connectivity index (χ0) is 19.2. The van der Waals surface area contributed by atoms with E-state index in [2.05, 4.69) is 6.07 Å². The Labute approximate surface area is 159 Å². The van der Waals surface area contributed by atoms with Crippen LogP contribution in [0.5, 0.6) is 17.2 Å². The van der Waals surface area contributed by atoms with Crippen LogP contribution in [-0.2, 0) is 4.74 Å². The molecule has 0 atom stereocenters. The highest BCUT2D eigenvalue weighted by molar-refractivity contribution is 6.27. The van der Waals surface area contributed by atoms with Crippen molar-refractivity contribution in [2.75, 3.05) is 0 Å². The van der Waals surface area contributed by atoms with E-state index >= 15 is 0 Å². The zero-order valence-corrected chi connectivity index (χ0v) is 18.7. The molecule has 7 heteroatoms. The third-order valence-electron chi connectivity index (χ3n) is 3.25. The second-order valence-corrected chi connectivity index (χ2v) is 8.25. The Hall–Kier alpha value is -2.26. The Morgan fingerprint density at radius 1 is 0.962 bits per heavy atom. The number of carbonyl (C=O) groups is 1. The molecule has 0 saturated carbocycles. The first-order valence-corrected chi connectivity index (χ1v) is 12.6. The van der Waals surface area contributed by atoms with Crippen LogP contribution in [0, 0.1) is 6.07 Å². The molecule has 26 heavy (non-hydrogen) atoms. The molecule has 139 valence electrons. The van der Waals surface area contributed by atoms with Crippen molar-refractivity contribution in [1.29, 1.82) is 0 Å². The van der Waals surface area contributed by atoms with Crippen molar-refractivity contribution in [2.45, 2.75) is 39.5 Å². The summed E-state index contributed by atoms with van der Waals surface area (Å²) in [4.78, 5) is 12.2. The van der Waals surface area contributed by atoms with Gasteiger partial charge in [0.2, 0.25) is 25.3 Å². The molecule has 2 rings (SSSR count). The molecule has 0 spiro atoms. The molecule has 0 N–H and O–H groups in total. The van der Waals surface area contributed by atoms with Crippen molar-refractivity contribution in [3.8, 4) is 28.4 Å². The van der Waals surface area contributed by atoms with Crippen LogP contribution in [0.25, 0.3) is 11.1 Å². The molecule has 0 aromatic heterocycles. The number of hydrogen-bond acceptors (Lipinski definition) is 5. The van der Waals surface area contributed by atoms with Crippen LogP contribution < -0.4 is 13.6 Å². The Bertz CT molecular complexity index is 714. The minimum atomic E-state index is -0.781. The van der Waals surface area contributed by atoms with Crippen molar-refractivity contribution < 1.29 is 23.1 Å². The van der Waals surface area contributed by atoms with Gasteiger partial charge in [0.25, 0.3) is 0 Å². The molecular formula is C19H25O5Si2. The largest absolute Gasteiger partial charge is 0.547 e. The summed E-state index contributed by atoms with van der Waals surface area (Å²) in [6.07, 6.45) is -0.773. The fraction of sp³-hybridized carbons (Fsp3) is 0.316. The summed E-state index contributed by atoms with van der Waals surface area (Å²) in [5.41, 5.74) is 1.31. The lowest BCUT2D eigenvalue weighted by Gasteiger charge is -2.21. The third-order valence-corrected chi connectivity index (χ3v) is 4.45. The number of rotatable bonds is 6. The van der Waals surface area contributed by atoms with Crippen molar-refractivity contribution in [1.82, 2.24) is 0 Å².